The average Bonchev–Trinajstić information content (AvgIpc) is 3.37. The highest BCUT2D eigenvalue weighted by Gasteiger charge is 2.33. The lowest BCUT2D eigenvalue weighted by atomic mass is 9.95. The second kappa shape index (κ2) is 10.8. The van der Waals surface area contributed by atoms with E-state index in [2.05, 4.69) is 53.6 Å². The van der Waals surface area contributed by atoms with Gasteiger partial charge in [0, 0.05) is 36.9 Å². The van der Waals surface area contributed by atoms with E-state index in [-0.39, 0.29) is 12.2 Å². The molecule has 8 heteroatoms. The van der Waals surface area contributed by atoms with Gasteiger partial charge in [0.25, 0.3) is 5.56 Å². The molecular formula is C32H34N4O3S. The minimum absolute atomic E-state index is 0.177. The number of benzene rings is 2. The van der Waals surface area contributed by atoms with Crippen molar-refractivity contribution in [2.24, 2.45) is 4.99 Å². The third-order valence-electron chi connectivity index (χ3n) is 7.29. The van der Waals surface area contributed by atoms with Crippen LogP contribution < -0.4 is 19.8 Å². The van der Waals surface area contributed by atoms with Crippen molar-refractivity contribution < 1.29 is 9.53 Å². The van der Waals surface area contributed by atoms with Crippen molar-refractivity contribution in [3.05, 3.63) is 114 Å². The predicted octanol–water partition coefficient (Wildman–Crippen LogP) is 4.58. The molecule has 1 atom stereocenters. The number of aromatic nitrogens is 2. The highest BCUT2D eigenvalue weighted by molar-refractivity contribution is 7.07. The van der Waals surface area contributed by atoms with Gasteiger partial charge < -0.3 is 14.2 Å². The number of thiazole rings is 1. The Bertz CT molecular complexity index is 1800. The Kier molecular flexibility index (Phi) is 7.38. The summed E-state index contributed by atoms with van der Waals surface area (Å²) >= 11 is 1.34. The summed E-state index contributed by atoms with van der Waals surface area (Å²) in [5.41, 5.74) is 8.00. The Hall–Kier alpha value is -4.17. The van der Waals surface area contributed by atoms with Crippen molar-refractivity contribution >= 4 is 29.1 Å². The van der Waals surface area contributed by atoms with Crippen LogP contribution in [-0.2, 0) is 9.53 Å². The smallest absolute Gasteiger partial charge is 0.338 e. The Morgan fingerprint density at radius 1 is 1.05 bits per heavy atom. The van der Waals surface area contributed by atoms with Crippen molar-refractivity contribution in [1.82, 2.24) is 9.13 Å². The molecule has 0 radical (unpaired) electrons. The van der Waals surface area contributed by atoms with E-state index in [1.54, 1.807) is 18.4 Å². The van der Waals surface area contributed by atoms with Crippen molar-refractivity contribution in [3.8, 4) is 5.69 Å². The number of hydrogen-bond donors (Lipinski definition) is 0. The second-order valence-electron chi connectivity index (χ2n) is 10.3. The monoisotopic (exact) mass is 554 g/mol. The van der Waals surface area contributed by atoms with Gasteiger partial charge in [0.1, 0.15) is 0 Å². The Morgan fingerprint density at radius 2 is 1.73 bits per heavy atom. The molecule has 2 aromatic carbocycles. The van der Waals surface area contributed by atoms with Gasteiger partial charge in [-0.25, -0.2) is 9.79 Å². The Labute approximate surface area is 238 Å². The fourth-order valence-electron chi connectivity index (χ4n) is 5.23. The number of carbonyl (C=O) groups is 1. The van der Waals surface area contributed by atoms with Crippen LogP contribution in [-0.4, -0.2) is 35.8 Å². The van der Waals surface area contributed by atoms with Crippen LogP contribution in [0, 0.1) is 20.8 Å². The fourth-order valence-corrected chi connectivity index (χ4v) is 6.27. The standard InChI is InChI=1S/C32H34N4O3S/c1-8-39-31(38)28-21(4)33-32-36(29(28)23-11-9-19(2)10-12-23)30(37)27(40-32)18-24-17-20(3)35(22(24)5)26-15-13-25(14-16-26)34(6)7/h9-18,29H,8H2,1-7H3/b27-18+/t29-/m0/s1. The van der Waals surface area contributed by atoms with Crippen molar-refractivity contribution in [3.63, 3.8) is 0 Å². The number of anilines is 1. The lowest BCUT2D eigenvalue weighted by Gasteiger charge is -2.24. The van der Waals surface area contributed by atoms with Crippen LogP contribution in [0.5, 0.6) is 0 Å². The molecule has 2 aromatic heterocycles. The normalized spacial score (nSPS) is 15.2. The minimum Gasteiger partial charge on any atom is -0.463 e. The molecule has 5 rings (SSSR count). The summed E-state index contributed by atoms with van der Waals surface area (Å²) < 4.78 is 9.80. The van der Waals surface area contributed by atoms with E-state index in [0.29, 0.717) is 20.6 Å². The second-order valence-corrected chi connectivity index (χ2v) is 11.3. The maximum Gasteiger partial charge on any atom is 0.338 e. The first kappa shape index (κ1) is 27.4. The van der Waals surface area contributed by atoms with Crippen molar-refractivity contribution in [1.29, 1.82) is 0 Å². The third kappa shape index (κ3) is 4.84. The molecule has 0 spiro atoms. The maximum absolute atomic E-state index is 14.0. The number of allylic oxidation sites excluding steroid dienone is 1. The van der Waals surface area contributed by atoms with Crippen LogP contribution in [0.15, 0.2) is 75.7 Å². The van der Waals surface area contributed by atoms with Gasteiger partial charge >= 0.3 is 5.97 Å². The van der Waals surface area contributed by atoms with Gasteiger partial charge in [-0.1, -0.05) is 41.2 Å². The van der Waals surface area contributed by atoms with Crippen LogP contribution in [0.2, 0.25) is 0 Å². The van der Waals surface area contributed by atoms with Gasteiger partial charge in [0.05, 0.1) is 28.5 Å². The van der Waals surface area contributed by atoms with Gasteiger partial charge in [-0.15, -0.1) is 0 Å². The van der Waals surface area contributed by atoms with E-state index in [4.69, 9.17) is 9.73 Å². The molecule has 1 aliphatic heterocycles. The van der Waals surface area contributed by atoms with Gasteiger partial charge in [-0.3, -0.25) is 9.36 Å². The quantitative estimate of drug-likeness (QED) is 0.327. The van der Waals surface area contributed by atoms with E-state index in [1.807, 2.05) is 51.4 Å². The summed E-state index contributed by atoms with van der Waals surface area (Å²) in [6, 6.07) is 17.8. The zero-order chi connectivity index (χ0) is 28.7. The molecule has 3 heterocycles. The van der Waals surface area contributed by atoms with Crippen LogP contribution in [0.1, 0.15) is 48.0 Å². The van der Waals surface area contributed by atoms with E-state index in [1.165, 1.54) is 11.3 Å². The summed E-state index contributed by atoms with van der Waals surface area (Å²) in [7, 11) is 4.05. The molecule has 0 saturated heterocycles. The van der Waals surface area contributed by atoms with E-state index >= 15 is 0 Å². The minimum atomic E-state index is -0.610. The first-order valence-corrected chi connectivity index (χ1v) is 14.1. The zero-order valence-electron chi connectivity index (χ0n) is 24.0. The van der Waals surface area contributed by atoms with Crippen LogP contribution in [0.4, 0.5) is 5.69 Å². The van der Waals surface area contributed by atoms with Crippen LogP contribution in [0.3, 0.4) is 0 Å². The number of esters is 1. The topological polar surface area (TPSA) is 68.8 Å². The maximum atomic E-state index is 14.0. The molecule has 0 N–H and O–H groups in total. The summed E-state index contributed by atoms with van der Waals surface area (Å²) in [5.74, 6) is -0.451. The van der Waals surface area contributed by atoms with Gasteiger partial charge in [-0.2, -0.15) is 0 Å². The van der Waals surface area contributed by atoms with E-state index in [0.717, 1.165) is 39.5 Å². The predicted molar refractivity (Wildman–Crippen MR) is 161 cm³/mol. The number of aryl methyl sites for hydroxylation is 2. The molecule has 1 aliphatic rings. The Balaban J connectivity index is 1.65. The van der Waals surface area contributed by atoms with Gasteiger partial charge in [-0.05, 0) is 82.2 Å². The van der Waals surface area contributed by atoms with Crippen molar-refractivity contribution in [2.45, 2.75) is 40.7 Å². The lowest BCUT2D eigenvalue weighted by Crippen LogP contribution is -2.39. The van der Waals surface area contributed by atoms with Crippen LogP contribution >= 0.6 is 11.3 Å². The molecule has 4 aromatic rings. The lowest BCUT2D eigenvalue weighted by molar-refractivity contribution is -0.139. The zero-order valence-corrected chi connectivity index (χ0v) is 24.8. The molecule has 0 aliphatic carbocycles. The third-order valence-corrected chi connectivity index (χ3v) is 8.27. The highest BCUT2D eigenvalue weighted by atomic mass is 32.1. The molecule has 7 nitrogen and oxygen atoms in total. The molecule has 0 fully saturated rings. The molecule has 206 valence electrons. The average molecular weight is 555 g/mol. The number of fused-ring (bicyclic) bond motifs is 1. The number of rotatable bonds is 6. The highest BCUT2D eigenvalue weighted by Crippen LogP contribution is 2.31. The largest absolute Gasteiger partial charge is 0.463 e. The summed E-state index contributed by atoms with van der Waals surface area (Å²) in [6.07, 6.45) is 1.94. The van der Waals surface area contributed by atoms with E-state index in [9.17, 15) is 9.59 Å². The number of hydrogen-bond acceptors (Lipinski definition) is 6. The van der Waals surface area contributed by atoms with Crippen molar-refractivity contribution in [2.75, 3.05) is 25.6 Å². The SMILES string of the molecule is CCOC(=O)C1=C(C)N=c2s/c(=C/c3cc(C)n(-c4ccc(N(C)C)cc4)c3C)c(=O)n2[C@H]1c1ccc(C)cc1. The molecule has 40 heavy (non-hydrogen) atoms. The summed E-state index contributed by atoms with van der Waals surface area (Å²) in [4.78, 5) is 34.4. The number of ether oxygens (including phenoxy) is 1. The molecule has 0 unspecified atom stereocenters. The first-order valence-electron chi connectivity index (χ1n) is 13.3. The van der Waals surface area contributed by atoms with Gasteiger partial charge in [0.2, 0.25) is 0 Å². The van der Waals surface area contributed by atoms with Gasteiger partial charge in [0.15, 0.2) is 4.80 Å². The van der Waals surface area contributed by atoms with Crippen LogP contribution in [0.25, 0.3) is 11.8 Å². The number of carbonyl (C=O) groups excluding carboxylic acids is 1. The summed E-state index contributed by atoms with van der Waals surface area (Å²) in [6.45, 7) is 9.96. The number of nitrogens with zero attached hydrogens (tertiary/aromatic N) is 4. The fraction of sp³-hybridized carbons (Fsp3) is 0.281. The molecule has 0 bridgehead atoms. The molecule has 0 amide bonds. The molecule has 0 saturated carbocycles. The molecular weight excluding hydrogens is 520 g/mol. The first-order chi connectivity index (χ1) is 19.1. The Morgan fingerprint density at radius 3 is 2.35 bits per heavy atom. The van der Waals surface area contributed by atoms with E-state index < -0.39 is 12.0 Å². The summed E-state index contributed by atoms with van der Waals surface area (Å²) in [5, 5.41) is 0.